The Balaban J connectivity index is 1.89. The lowest BCUT2D eigenvalue weighted by Gasteiger charge is -2.18. The van der Waals surface area contributed by atoms with E-state index in [2.05, 4.69) is 16.8 Å². The number of hydrogen-bond acceptors (Lipinski definition) is 5. The first-order valence-corrected chi connectivity index (χ1v) is 14.1. The first kappa shape index (κ1) is 25.1. The van der Waals surface area contributed by atoms with E-state index in [1.165, 1.54) is 28.9 Å². The van der Waals surface area contributed by atoms with Crippen molar-refractivity contribution in [3.05, 3.63) is 18.2 Å². The van der Waals surface area contributed by atoms with Gasteiger partial charge in [-0.05, 0) is 44.4 Å². The van der Waals surface area contributed by atoms with Gasteiger partial charge in [-0.15, -0.1) is 0 Å². The molecule has 1 amide bonds. The minimum absolute atomic E-state index is 0.0424. The van der Waals surface area contributed by atoms with E-state index >= 15 is 0 Å². The summed E-state index contributed by atoms with van der Waals surface area (Å²) in [5.41, 5.74) is 1.56. The molecule has 0 radical (unpaired) electrons. The summed E-state index contributed by atoms with van der Waals surface area (Å²) in [7, 11) is -3.55. The molecule has 1 saturated carbocycles. The third kappa shape index (κ3) is 5.48. The number of imidazole rings is 1. The highest BCUT2D eigenvalue weighted by Gasteiger charge is 2.25. The molecule has 1 N–H and O–H groups in total. The topological polar surface area (TPSA) is 84.3 Å². The largest absolute Gasteiger partial charge is 0.352 e. The fourth-order valence-corrected chi connectivity index (χ4v) is 6.62. The van der Waals surface area contributed by atoms with Gasteiger partial charge in [-0.2, -0.15) is 4.31 Å². The molecule has 0 spiro atoms. The Bertz CT molecular complexity index is 1030. The van der Waals surface area contributed by atoms with Crippen LogP contribution in [-0.2, 0) is 21.4 Å². The van der Waals surface area contributed by atoms with Gasteiger partial charge in [0, 0.05) is 25.7 Å². The van der Waals surface area contributed by atoms with E-state index in [-0.39, 0.29) is 22.1 Å². The Labute approximate surface area is 196 Å². The molecule has 0 bridgehead atoms. The molecule has 0 saturated heterocycles. The van der Waals surface area contributed by atoms with Crippen LogP contribution in [0.2, 0.25) is 0 Å². The number of sulfonamides is 1. The maximum atomic E-state index is 13.0. The molecule has 9 heteroatoms. The zero-order valence-corrected chi connectivity index (χ0v) is 21.3. The van der Waals surface area contributed by atoms with Crippen LogP contribution in [0.25, 0.3) is 11.0 Å². The molecule has 1 aromatic carbocycles. The van der Waals surface area contributed by atoms with E-state index in [9.17, 15) is 13.2 Å². The molecule has 1 fully saturated rings. The summed E-state index contributed by atoms with van der Waals surface area (Å²) in [5.74, 6) is 0.0424. The lowest BCUT2D eigenvalue weighted by molar-refractivity contribution is -0.120. The number of fused-ring (bicyclic) bond motifs is 1. The number of hydrogen-bond donors (Lipinski definition) is 1. The molecule has 0 aliphatic heterocycles. The van der Waals surface area contributed by atoms with E-state index in [0.29, 0.717) is 18.6 Å². The first-order valence-electron chi connectivity index (χ1n) is 11.8. The van der Waals surface area contributed by atoms with Gasteiger partial charge in [-0.25, -0.2) is 13.4 Å². The molecule has 32 heavy (non-hydrogen) atoms. The Morgan fingerprint density at radius 1 is 1.25 bits per heavy atom. The minimum Gasteiger partial charge on any atom is -0.352 e. The Hall–Kier alpha value is -1.58. The van der Waals surface area contributed by atoms with Crippen molar-refractivity contribution in [2.45, 2.75) is 94.1 Å². The van der Waals surface area contributed by atoms with Crippen molar-refractivity contribution in [3.63, 3.8) is 0 Å². The Morgan fingerprint density at radius 3 is 2.56 bits per heavy atom. The molecule has 2 aromatic rings. The van der Waals surface area contributed by atoms with Crippen LogP contribution in [0, 0.1) is 0 Å². The van der Waals surface area contributed by atoms with Crippen LogP contribution < -0.4 is 5.32 Å². The zero-order valence-electron chi connectivity index (χ0n) is 19.6. The van der Waals surface area contributed by atoms with Gasteiger partial charge in [0.2, 0.25) is 15.9 Å². The standard InChI is InChI=1S/C23H36N4O3S2/c1-5-8-15-27-21-14-13-19(32(29,30)26(6-2)7-3)16-20(21)25-23(27)31-17(4)22(28)24-18-11-9-10-12-18/h13-14,16-18H,5-12,15H2,1-4H3,(H,24,28). The van der Waals surface area contributed by atoms with Gasteiger partial charge in [0.05, 0.1) is 21.2 Å². The second-order valence-corrected chi connectivity index (χ2v) is 11.6. The summed E-state index contributed by atoms with van der Waals surface area (Å²) < 4.78 is 29.5. The summed E-state index contributed by atoms with van der Waals surface area (Å²) in [6.45, 7) is 9.37. The predicted molar refractivity (Wildman–Crippen MR) is 130 cm³/mol. The van der Waals surface area contributed by atoms with Crippen molar-refractivity contribution in [1.82, 2.24) is 19.2 Å². The third-order valence-electron chi connectivity index (χ3n) is 6.12. The van der Waals surface area contributed by atoms with Gasteiger partial charge in [0.15, 0.2) is 5.16 Å². The van der Waals surface area contributed by atoms with Gasteiger partial charge >= 0.3 is 0 Å². The number of aryl methyl sites for hydroxylation is 1. The molecule has 1 aliphatic carbocycles. The van der Waals surface area contributed by atoms with Crippen LogP contribution in [0.15, 0.2) is 28.3 Å². The molecular formula is C23H36N4O3S2. The number of aromatic nitrogens is 2. The Kier molecular flexibility index (Phi) is 8.63. The van der Waals surface area contributed by atoms with Crippen LogP contribution in [0.5, 0.6) is 0 Å². The number of rotatable bonds is 11. The highest BCUT2D eigenvalue weighted by Crippen LogP contribution is 2.30. The lowest BCUT2D eigenvalue weighted by Crippen LogP contribution is -2.37. The van der Waals surface area contributed by atoms with Crippen molar-refractivity contribution in [3.8, 4) is 0 Å². The summed E-state index contributed by atoms with van der Waals surface area (Å²) in [5, 5.41) is 3.66. The lowest BCUT2D eigenvalue weighted by atomic mass is 10.2. The molecule has 7 nitrogen and oxygen atoms in total. The van der Waals surface area contributed by atoms with Crippen molar-refractivity contribution < 1.29 is 13.2 Å². The molecule has 1 heterocycles. The number of carbonyl (C=O) groups excluding carboxylic acids is 1. The number of benzene rings is 1. The Morgan fingerprint density at radius 2 is 1.94 bits per heavy atom. The zero-order chi connectivity index (χ0) is 23.3. The van der Waals surface area contributed by atoms with Crippen molar-refractivity contribution in [1.29, 1.82) is 0 Å². The number of thioether (sulfide) groups is 1. The summed E-state index contributed by atoms with van der Waals surface area (Å²) in [6, 6.07) is 5.47. The fraction of sp³-hybridized carbons (Fsp3) is 0.652. The molecule has 1 atom stereocenters. The third-order valence-corrected chi connectivity index (χ3v) is 9.25. The van der Waals surface area contributed by atoms with Gasteiger partial charge in [-0.1, -0.05) is 51.8 Å². The van der Waals surface area contributed by atoms with Crippen molar-refractivity contribution >= 4 is 38.7 Å². The molecule has 1 aliphatic rings. The smallest absolute Gasteiger partial charge is 0.243 e. The first-order chi connectivity index (χ1) is 15.3. The number of nitrogens with one attached hydrogen (secondary N) is 1. The van der Waals surface area contributed by atoms with E-state index in [1.807, 2.05) is 26.8 Å². The summed E-state index contributed by atoms with van der Waals surface area (Å²) in [6.07, 6.45) is 6.50. The molecule has 178 valence electrons. The van der Waals surface area contributed by atoms with Gasteiger partial charge < -0.3 is 9.88 Å². The van der Waals surface area contributed by atoms with Gasteiger partial charge in [-0.3, -0.25) is 4.79 Å². The number of carbonyl (C=O) groups is 1. The SMILES string of the molecule is CCCCn1c(SC(C)C(=O)NC2CCCC2)nc2cc(S(=O)(=O)N(CC)CC)ccc21. The fourth-order valence-electron chi connectivity index (χ4n) is 4.18. The van der Waals surface area contributed by atoms with E-state index in [1.54, 1.807) is 12.1 Å². The summed E-state index contributed by atoms with van der Waals surface area (Å²) >= 11 is 1.45. The highest BCUT2D eigenvalue weighted by molar-refractivity contribution is 8.00. The van der Waals surface area contributed by atoms with Gasteiger partial charge in [0.1, 0.15) is 0 Å². The molecular weight excluding hydrogens is 444 g/mol. The van der Waals surface area contributed by atoms with Crippen LogP contribution in [0.4, 0.5) is 0 Å². The minimum atomic E-state index is -3.55. The van der Waals surface area contributed by atoms with E-state index in [0.717, 1.165) is 42.9 Å². The van der Waals surface area contributed by atoms with Crippen LogP contribution in [0.1, 0.15) is 66.2 Å². The number of unbranched alkanes of at least 4 members (excludes halogenated alkanes) is 1. The number of amides is 1. The monoisotopic (exact) mass is 480 g/mol. The van der Waals surface area contributed by atoms with Gasteiger partial charge in [0.25, 0.3) is 0 Å². The van der Waals surface area contributed by atoms with Crippen LogP contribution >= 0.6 is 11.8 Å². The molecule has 1 aromatic heterocycles. The second kappa shape index (κ2) is 11.0. The highest BCUT2D eigenvalue weighted by atomic mass is 32.2. The summed E-state index contributed by atoms with van der Waals surface area (Å²) in [4.78, 5) is 17.7. The number of nitrogens with zero attached hydrogens (tertiary/aromatic N) is 3. The maximum Gasteiger partial charge on any atom is 0.243 e. The van der Waals surface area contributed by atoms with Crippen molar-refractivity contribution in [2.24, 2.45) is 0 Å². The quantitative estimate of drug-likeness (QED) is 0.482. The van der Waals surface area contributed by atoms with E-state index in [4.69, 9.17) is 4.98 Å². The van der Waals surface area contributed by atoms with Crippen molar-refractivity contribution in [2.75, 3.05) is 13.1 Å². The average Bonchev–Trinajstić information content (AvgIpc) is 3.39. The molecule has 1 unspecified atom stereocenters. The normalized spacial score (nSPS) is 16.2. The predicted octanol–water partition coefficient (Wildman–Crippen LogP) is 4.41. The average molecular weight is 481 g/mol. The van der Waals surface area contributed by atoms with E-state index < -0.39 is 10.0 Å². The van der Waals surface area contributed by atoms with Crippen LogP contribution in [-0.4, -0.2) is 52.6 Å². The second-order valence-electron chi connectivity index (χ2n) is 8.39. The van der Waals surface area contributed by atoms with Crippen LogP contribution in [0.3, 0.4) is 0 Å². The molecule has 3 rings (SSSR count). The maximum absolute atomic E-state index is 13.0.